The summed E-state index contributed by atoms with van der Waals surface area (Å²) in [6, 6.07) is 9.74. The van der Waals surface area contributed by atoms with Gasteiger partial charge >= 0.3 is 5.97 Å². The Morgan fingerprint density at radius 2 is 1.83 bits per heavy atom. The molecule has 2 saturated heterocycles. The van der Waals surface area contributed by atoms with Crippen LogP contribution in [0.5, 0.6) is 0 Å². The summed E-state index contributed by atoms with van der Waals surface area (Å²) in [6.07, 6.45) is 2.72. The van der Waals surface area contributed by atoms with Crippen molar-refractivity contribution in [3.8, 4) is 0 Å². The zero-order valence-corrected chi connectivity index (χ0v) is 16.9. The maximum Gasteiger partial charge on any atom is 0.335 e. The number of amides is 2. The quantitative estimate of drug-likeness (QED) is 0.722. The van der Waals surface area contributed by atoms with Gasteiger partial charge < -0.3 is 14.9 Å². The van der Waals surface area contributed by atoms with Crippen molar-refractivity contribution >= 4 is 29.4 Å². The summed E-state index contributed by atoms with van der Waals surface area (Å²) in [5.41, 5.74) is 1.07. The zero-order chi connectivity index (χ0) is 21.3. The fraction of sp³-hybridized carbons (Fsp3) is 0.333. The van der Waals surface area contributed by atoms with E-state index in [1.54, 1.807) is 41.3 Å². The van der Waals surface area contributed by atoms with Crippen molar-refractivity contribution in [2.75, 3.05) is 19.6 Å². The van der Waals surface area contributed by atoms with E-state index < -0.39 is 11.6 Å². The molecule has 0 aliphatic carbocycles. The summed E-state index contributed by atoms with van der Waals surface area (Å²) in [5, 5.41) is 12.7. The molecule has 2 aliphatic rings. The van der Waals surface area contributed by atoms with Gasteiger partial charge in [-0.3, -0.25) is 14.9 Å². The summed E-state index contributed by atoms with van der Waals surface area (Å²) in [5.74, 6) is -1.09. The minimum atomic E-state index is -0.982. The van der Waals surface area contributed by atoms with E-state index in [0.717, 1.165) is 5.56 Å². The third-order valence-electron chi connectivity index (χ3n) is 5.78. The molecule has 0 bridgehead atoms. The van der Waals surface area contributed by atoms with Crippen LogP contribution in [-0.2, 0) is 11.3 Å². The molecule has 0 saturated carbocycles. The van der Waals surface area contributed by atoms with Crippen LogP contribution in [0.1, 0.15) is 39.1 Å². The third kappa shape index (κ3) is 3.88. The highest BCUT2D eigenvalue weighted by Gasteiger charge is 2.47. The van der Waals surface area contributed by atoms with Crippen LogP contribution in [0, 0.1) is 0 Å². The van der Waals surface area contributed by atoms with E-state index in [4.69, 9.17) is 16.7 Å². The first kappa shape index (κ1) is 20.3. The van der Waals surface area contributed by atoms with E-state index in [1.165, 1.54) is 6.20 Å². The Labute approximate surface area is 178 Å². The second kappa shape index (κ2) is 8.04. The lowest BCUT2D eigenvalue weighted by Gasteiger charge is -2.44. The van der Waals surface area contributed by atoms with Crippen LogP contribution in [0.25, 0.3) is 0 Å². The lowest BCUT2D eigenvalue weighted by atomic mass is 9.95. The molecule has 0 radical (unpaired) electrons. The molecular formula is C21H21ClN4O4. The minimum Gasteiger partial charge on any atom is -0.478 e. The van der Waals surface area contributed by atoms with Crippen LogP contribution < -0.4 is 5.32 Å². The molecular weight excluding hydrogens is 408 g/mol. The van der Waals surface area contributed by atoms with Crippen LogP contribution >= 0.6 is 11.6 Å². The number of carbonyl (C=O) groups excluding carboxylic acids is 2. The largest absolute Gasteiger partial charge is 0.478 e. The predicted octanol–water partition coefficient (Wildman–Crippen LogP) is 2.00. The zero-order valence-electron chi connectivity index (χ0n) is 16.2. The summed E-state index contributed by atoms with van der Waals surface area (Å²) in [4.78, 5) is 43.9. The molecule has 2 fully saturated rings. The van der Waals surface area contributed by atoms with Crippen molar-refractivity contribution in [2.45, 2.75) is 25.0 Å². The number of likely N-dealkylation sites (tertiary alicyclic amines) is 1. The molecule has 0 unspecified atom stereocenters. The smallest absolute Gasteiger partial charge is 0.335 e. The number of carbonyl (C=O) groups is 3. The van der Waals surface area contributed by atoms with Gasteiger partial charge in [-0.1, -0.05) is 23.7 Å². The Morgan fingerprint density at radius 3 is 2.47 bits per heavy atom. The number of benzene rings is 1. The SMILES string of the molecule is O=C(O)c1ccc(CN2C(=O)CNC23CCN(C(=O)c2ccnc(Cl)c2)CC3)cc1. The third-order valence-corrected chi connectivity index (χ3v) is 5.99. The van der Waals surface area contributed by atoms with Crippen molar-refractivity contribution in [1.82, 2.24) is 20.1 Å². The lowest BCUT2D eigenvalue weighted by molar-refractivity contribution is -0.132. The van der Waals surface area contributed by atoms with Crippen molar-refractivity contribution < 1.29 is 19.5 Å². The number of carboxylic acid groups (broad SMARTS) is 1. The van der Waals surface area contributed by atoms with Crippen LogP contribution in [-0.4, -0.2) is 63.0 Å². The molecule has 2 N–H and O–H groups in total. The first-order valence-corrected chi connectivity index (χ1v) is 10.0. The number of piperidine rings is 1. The number of pyridine rings is 1. The second-order valence-electron chi connectivity index (χ2n) is 7.53. The van der Waals surface area contributed by atoms with Gasteiger partial charge in [0, 0.05) is 44.2 Å². The maximum absolute atomic E-state index is 12.8. The van der Waals surface area contributed by atoms with E-state index in [-0.39, 0.29) is 29.1 Å². The molecule has 9 heteroatoms. The van der Waals surface area contributed by atoms with E-state index >= 15 is 0 Å². The van der Waals surface area contributed by atoms with Gasteiger partial charge in [0.1, 0.15) is 5.15 Å². The van der Waals surface area contributed by atoms with Crippen molar-refractivity contribution in [1.29, 1.82) is 0 Å². The molecule has 2 aliphatic heterocycles. The van der Waals surface area contributed by atoms with Gasteiger partial charge in [0.15, 0.2) is 0 Å². The molecule has 1 aromatic heterocycles. The van der Waals surface area contributed by atoms with Gasteiger partial charge in [0.25, 0.3) is 5.91 Å². The summed E-state index contributed by atoms with van der Waals surface area (Å²) >= 11 is 5.90. The Bertz CT molecular complexity index is 987. The average Bonchev–Trinajstić information content (AvgIpc) is 3.04. The van der Waals surface area contributed by atoms with Gasteiger partial charge in [-0.2, -0.15) is 0 Å². The first-order chi connectivity index (χ1) is 14.4. The van der Waals surface area contributed by atoms with Crippen LogP contribution in [0.3, 0.4) is 0 Å². The fourth-order valence-electron chi connectivity index (χ4n) is 4.09. The number of carboxylic acids is 1. The van der Waals surface area contributed by atoms with Crippen LogP contribution in [0.2, 0.25) is 5.15 Å². The summed E-state index contributed by atoms with van der Waals surface area (Å²) in [7, 11) is 0. The maximum atomic E-state index is 12.8. The van der Waals surface area contributed by atoms with Crippen molar-refractivity contribution in [3.05, 3.63) is 64.4 Å². The number of aromatic carboxylic acids is 1. The highest BCUT2D eigenvalue weighted by Crippen LogP contribution is 2.32. The Morgan fingerprint density at radius 1 is 1.13 bits per heavy atom. The number of hydrogen-bond donors (Lipinski definition) is 2. The standard InChI is InChI=1S/C21H21ClN4O4/c22-17-11-16(5-8-23-17)19(28)25-9-6-21(7-10-25)24-12-18(27)26(21)13-14-1-3-15(4-2-14)20(29)30/h1-5,8,11,24H,6-7,9-10,12-13H2,(H,29,30). The van der Waals surface area contributed by atoms with Gasteiger partial charge in [0.05, 0.1) is 17.8 Å². The monoisotopic (exact) mass is 428 g/mol. The minimum absolute atomic E-state index is 0.00185. The van der Waals surface area contributed by atoms with E-state index in [9.17, 15) is 14.4 Å². The molecule has 156 valence electrons. The molecule has 30 heavy (non-hydrogen) atoms. The van der Waals surface area contributed by atoms with Gasteiger partial charge in [0.2, 0.25) is 5.91 Å². The molecule has 3 heterocycles. The Balaban J connectivity index is 1.45. The Kier molecular flexibility index (Phi) is 5.44. The number of rotatable bonds is 4. The van der Waals surface area contributed by atoms with E-state index in [2.05, 4.69) is 10.3 Å². The van der Waals surface area contributed by atoms with E-state index in [1.807, 2.05) is 4.90 Å². The molecule has 1 spiro atoms. The van der Waals surface area contributed by atoms with E-state index in [0.29, 0.717) is 38.0 Å². The average molecular weight is 429 g/mol. The highest BCUT2D eigenvalue weighted by atomic mass is 35.5. The molecule has 1 aromatic carbocycles. The van der Waals surface area contributed by atoms with Crippen molar-refractivity contribution in [3.63, 3.8) is 0 Å². The predicted molar refractivity (Wildman–Crippen MR) is 109 cm³/mol. The summed E-state index contributed by atoms with van der Waals surface area (Å²) in [6.45, 7) is 1.65. The highest BCUT2D eigenvalue weighted by molar-refractivity contribution is 6.29. The van der Waals surface area contributed by atoms with Gasteiger partial charge in [-0.25, -0.2) is 9.78 Å². The number of nitrogens with zero attached hydrogens (tertiary/aromatic N) is 3. The topological polar surface area (TPSA) is 103 Å². The molecule has 8 nitrogen and oxygen atoms in total. The number of aromatic nitrogens is 1. The number of nitrogens with one attached hydrogen (secondary N) is 1. The lowest BCUT2D eigenvalue weighted by Crippen LogP contribution is -2.58. The fourth-order valence-corrected chi connectivity index (χ4v) is 4.26. The van der Waals surface area contributed by atoms with Crippen LogP contribution in [0.15, 0.2) is 42.6 Å². The van der Waals surface area contributed by atoms with Gasteiger partial charge in [-0.15, -0.1) is 0 Å². The molecule has 2 aromatic rings. The van der Waals surface area contributed by atoms with Gasteiger partial charge in [-0.05, 0) is 29.8 Å². The molecule has 4 rings (SSSR count). The molecule has 0 atom stereocenters. The Hall–Kier alpha value is -2.97. The van der Waals surface area contributed by atoms with Crippen LogP contribution in [0.4, 0.5) is 0 Å². The summed E-state index contributed by atoms with van der Waals surface area (Å²) < 4.78 is 0. The number of halogens is 1. The molecule has 2 amide bonds. The number of hydrogen-bond acceptors (Lipinski definition) is 5. The second-order valence-corrected chi connectivity index (χ2v) is 7.91. The normalized spacial score (nSPS) is 18.1. The first-order valence-electron chi connectivity index (χ1n) is 9.66. The van der Waals surface area contributed by atoms with Crippen molar-refractivity contribution in [2.24, 2.45) is 0 Å².